The van der Waals surface area contributed by atoms with Gasteiger partial charge in [0.2, 0.25) is 5.91 Å². The number of anilines is 1. The maximum atomic E-state index is 11.9. The molecule has 1 heterocycles. The lowest BCUT2D eigenvalue weighted by Gasteiger charge is -2.25. The number of piperidine rings is 1. The van der Waals surface area contributed by atoms with Crippen LogP contribution in [-0.2, 0) is 9.53 Å². The minimum atomic E-state index is -0.318. The summed E-state index contributed by atoms with van der Waals surface area (Å²) in [5.74, 6) is -0.451. The first-order valence-corrected chi connectivity index (χ1v) is 7.42. The Morgan fingerprint density at radius 2 is 1.81 bits per heavy atom. The third-order valence-electron chi connectivity index (χ3n) is 3.53. The normalized spacial score (nSPS) is 15.5. The van der Waals surface area contributed by atoms with Crippen molar-refractivity contribution in [2.45, 2.75) is 26.2 Å². The first-order valence-electron chi connectivity index (χ1n) is 7.42. The van der Waals surface area contributed by atoms with Crippen LogP contribution in [0.1, 0.15) is 36.5 Å². The van der Waals surface area contributed by atoms with E-state index in [4.69, 9.17) is 4.74 Å². The van der Waals surface area contributed by atoms with E-state index in [1.807, 2.05) is 0 Å². The summed E-state index contributed by atoms with van der Waals surface area (Å²) in [5.41, 5.74) is 1.18. The van der Waals surface area contributed by atoms with Gasteiger partial charge in [0.25, 0.3) is 0 Å². The average molecular weight is 290 g/mol. The Bertz CT molecular complexity index is 479. The number of hydrogen-bond acceptors (Lipinski definition) is 4. The van der Waals surface area contributed by atoms with E-state index in [1.54, 1.807) is 24.3 Å². The van der Waals surface area contributed by atoms with Gasteiger partial charge >= 0.3 is 5.97 Å². The Labute approximate surface area is 125 Å². The zero-order chi connectivity index (χ0) is 15.1. The van der Waals surface area contributed by atoms with Crippen molar-refractivity contribution >= 4 is 17.6 Å². The van der Waals surface area contributed by atoms with Gasteiger partial charge in [-0.1, -0.05) is 6.42 Å². The molecule has 21 heavy (non-hydrogen) atoms. The van der Waals surface area contributed by atoms with Crippen LogP contribution in [0.3, 0.4) is 0 Å². The number of benzene rings is 1. The molecule has 1 N–H and O–H groups in total. The van der Waals surface area contributed by atoms with Gasteiger partial charge in [0.15, 0.2) is 0 Å². The van der Waals surface area contributed by atoms with Gasteiger partial charge in [-0.3, -0.25) is 9.69 Å². The van der Waals surface area contributed by atoms with E-state index in [0.717, 1.165) is 19.6 Å². The van der Waals surface area contributed by atoms with Crippen LogP contribution >= 0.6 is 0 Å². The van der Waals surface area contributed by atoms with Crippen molar-refractivity contribution in [2.24, 2.45) is 0 Å². The van der Waals surface area contributed by atoms with E-state index < -0.39 is 0 Å². The Kier molecular flexibility index (Phi) is 5.75. The minimum Gasteiger partial charge on any atom is -0.461 e. The quantitative estimate of drug-likeness (QED) is 0.845. The predicted molar refractivity (Wildman–Crippen MR) is 81.3 cm³/mol. The molecule has 1 aliphatic rings. The molecule has 0 atom stereocenters. The summed E-state index contributed by atoms with van der Waals surface area (Å²) in [5, 5.41) is 2.66. The van der Waals surface area contributed by atoms with Gasteiger partial charge < -0.3 is 10.1 Å². The molecule has 1 aromatic carbocycles. The number of likely N-dealkylation sites (tertiary alicyclic amines) is 1. The molecule has 1 aromatic rings. The number of carbonyl (C=O) groups excluding carboxylic acids is 2. The second kappa shape index (κ2) is 7.78. The van der Waals surface area contributed by atoms with E-state index in [1.165, 1.54) is 26.2 Å². The number of amides is 1. The maximum Gasteiger partial charge on any atom is 0.338 e. The van der Waals surface area contributed by atoms with Crippen LogP contribution in [0.15, 0.2) is 24.3 Å². The summed E-state index contributed by atoms with van der Waals surface area (Å²) in [6, 6.07) is 6.72. The van der Waals surface area contributed by atoms with Gasteiger partial charge in [-0.25, -0.2) is 4.79 Å². The maximum absolute atomic E-state index is 11.9. The molecule has 0 radical (unpaired) electrons. The lowest BCUT2D eigenvalue weighted by molar-refractivity contribution is -0.114. The Hall–Kier alpha value is -1.88. The van der Waals surface area contributed by atoms with Crippen LogP contribution in [0, 0.1) is 0 Å². The van der Waals surface area contributed by atoms with E-state index in [0.29, 0.717) is 17.9 Å². The van der Waals surface area contributed by atoms with Gasteiger partial charge in [0.05, 0.1) is 5.56 Å². The molecule has 1 amide bonds. The molecule has 5 nitrogen and oxygen atoms in total. The largest absolute Gasteiger partial charge is 0.461 e. The first-order chi connectivity index (χ1) is 10.1. The number of ether oxygens (including phenoxy) is 1. The van der Waals surface area contributed by atoms with Crippen molar-refractivity contribution in [1.29, 1.82) is 0 Å². The molecule has 0 bridgehead atoms. The fraction of sp³-hybridized carbons (Fsp3) is 0.500. The standard InChI is InChI=1S/C16H22N2O3/c1-13(19)17-15-7-5-14(6-8-15)16(20)21-12-11-18-9-3-2-4-10-18/h5-8H,2-4,9-12H2,1H3,(H,17,19). The van der Waals surface area contributed by atoms with E-state index in [9.17, 15) is 9.59 Å². The molecule has 0 aromatic heterocycles. The fourth-order valence-corrected chi connectivity index (χ4v) is 2.43. The minimum absolute atomic E-state index is 0.133. The molecule has 1 saturated heterocycles. The van der Waals surface area contributed by atoms with Crippen LogP contribution in [-0.4, -0.2) is 43.0 Å². The third kappa shape index (κ3) is 5.19. The van der Waals surface area contributed by atoms with Crippen molar-refractivity contribution in [3.05, 3.63) is 29.8 Å². The van der Waals surface area contributed by atoms with Crippen LogP contribution in [0.2, 0.25) is 0 Å². The van der Waals surface area contributed by atoms with Crippen LogP contribution in [0.4, 0.5) is 5.69 Å². The van der Waals surface area contributed by atoms with Crippen LogP contribution in [0.25, 0.3) is 0 Å². The molecule has 2 rings (SSSR count). The Balaban J connectivity index is 1.75. The van der Waals surface area contributed by atoms with Gasteiger partial charge in [-0.2, -0.15) is 0 Å². The first kappa shape index (κ1) is 15.5. The van der Waals surface area contributed by atoms with E-state index in [2.05, 4.69) is 10.2 Å². The lowest BCUT2D eigenvalue weighted by atomic mass is 10.1. The molecule has 0 aliphatic carbocycles. The number of hydrogen-bond donors (Lipinski definition) is 1. The van der Waals surface area contributed by atoms with E-state index >= 15 is 0 Å². The molecule has 0 saturated carbocycles. The number of nitrogens with one attached hydrogen (secondary N) is 1. The van der Waals surface area contributed by atoms with Crippen molar-refractivity contribution in [2.75, 3.05) is 31.6 Å². The predicted octanol–water partition coefficient (Wildman–Crippen LogP) is 2.29. The molecule has 0 spiro atoms. The Morgan fingerprint density at radius 3 is 2.43 bits per heavy atom. The topological polar surface area (TPSA) is 58.6 Å². The number of nitrogens with zero attached hydrogens (tertiary/aromatic N) is 1. The monoisotopic (exact) mass is 290 g/mol. The zero-order valence-electron chi connectivity index (χ0n) is 12.4. The SMILES string of the molecule is CC(=O)Nc1ccc(C(=O)OCCN2CCCCC2)cc1. The summed E-state index contributed by atoms with van der Waals surface area (Å²) in [4.78, 5) is 25.1. The highest BCUT2D eigenvalue weighted by Gasteiger charge is 2.11. The van der Waals surface area contributed by atoms with Gasteiger partial charge in [0.1, 0.15) is 6.61 Å². The van der Waals surface area contributed by atoms with Crippen molar-refractivity contribution < 1.29 is 14.3 Å². The highest BCUT2D eigenvalue weighted by Crippen LogP contribution is 2.11. The van der Waals surface area contributed by atoms with Crippen molar-refractivity contribution in [1.82, 2.24) is 4.90 Å². The smallest absolute Gasteiger partial charge is 0.338 e. The zero-order valence-corrected chi connectivity index (χ0v) is 12.4. The highest BCUT2D eigenvalue weighted by molar-refractivity contribution is 5.92. The summed E-state index contributed by atoms with van der Waals surface area (Å²) in [6.07, 6.45) is 3.77. The molecule has 0 unspecified atom stereocenters. The van der Waals surface area contributed by atoms with Crippen molar-refractivity contribution in [3.8, 4) is 0 Å². The molecule has 1 aliphatic heterocycles. The molecule has 1 fully saturated rings. The van der Waals surface area contributed by atoms with Crippen LogP contribution < -0.4 is 5.32 Å². The summed E-state index contributed by atoms with van der Waals surface area (Å²) in [6.45, 7) is 4.87. The second-order valence-electron chi connectivity index (χ2n) is 5.30. The molecular weight excluding hydrogens is 268 g/mol. The molecular formula is C16H22N2O3. The Morgan fingerprint density at radius 1 is 1.14 bits per heavy atom. The average Bonchev–Trinajstić information content (AvgIpc) is 2.48. The third-order valence-corrected chi connectivity index (χ3v) is 3.53. The number of esters is 1. The summed E-state index contributed by atoms with van der Waals surface area (Å²) < 4.78 is 5.28. The van der Waals surface area contributed by atoms with Gasteiger partial charge in [-0.05, 0) is 50.2 Å². The van der Waals surface area contributed by atoms with Gasteiger partial charge in [0, 0.05) is 19.2 Å². The number of rotatable bonds is 5. The summed E-state index contributed by atoms with van der Waals surface area (Å²) in [7, 11) is 0. The molecule has 114 valence electrons. The van der Waals surface area contributed by atoms with Crippen molar-refractivity contribution in [3.63, 3.8) is 0 Å². The van der Waals surface area contributed by atoms with Gasteiger partial charge in [-0.15, -0.1) is 0 Å². The summed E-state index contributed by atoms with van der Waals surface area (Å²) >= 11 is 0. The second-order valence-corrected chi connectivity index (χ2v) is 5.30. The number of carbonyl (C=O) groups is 2. The fourth-order valence-electron chi connectivity index (χ4n) is 2.43. The van der Waals surface area contributed by atoms with E-state index in [-0.39, 0.29) is 11.9 Å². The molecule has 5 heteroatoms. The van der Waals surface area contributed by atoms with Crippen LogP contribution in [0.5, 0.6) is 0 Å². The lowest BCUT2D eigenvalue weighted by Crippen LogP contribution is -2.33. The highest BCUT2D eigenvalue weighted by atomic mass is 16.5.